The Labute approximate surface area is 112 Å². The Bertz CT molecular complexity index is 388. The van der Waals surface area contributed by atoms with Crippen molar-refractivity contribution in [2.45, 2.75) is 12.2 Å². The zero-order valence-corrected chi connectivity index (χ0v) is 10.6. The summed E-state index contributed by atoms with van der Waals surface area (Å²) < 4.78 is 36.5. The predicted octanol–water partition coefficient (Wildman–Crippen LogP) is -0.425. The van der Waals surface area contributed by atoms with Crippen molar-refractivity contribution in [3.05, 3.63) is 0 Å². The van der Waals surface area contributed by atoms with Crippen LogP contribution in [0.5, 0.6) is 0 Å². The van der Waals surface area contributed by atoms with E-state index in [1.807, 2.05) is 0 Å². The molecule has 1 saturated heterocycles. The summed E-state index contributed by atoms with van der Waals surface area (Å²) in [5.41, 5.74) is 5.53. The van der Waals surface area contributed by atoms with Gasteiger partial charge in [0.15, 0.2) is 0 Å². The number of aliphatic carboxylic acids is 1. The average molecular weight is 297 g/mol. The fourth-order valence-electron chi connectivity index (χ4n) is 1.23. The molecule has 0 spiro atoms. The molecule has 20 heavy (non-hydrogen) atoms. The summed E-state index contributed by atoms with van der Waals surface area (Å²) >= 11 is 0. The van der Waals surface area contributed by atoms with Gasteiger partial charge in [0.25, 0.3) is 0 Å². The summed E-state index contributed by atoms with van der Waals surface area (Å²) in [6.07, 6.45) is -5.08. The maximum Gasteiger partial charge on any atom is 0.490 e. The van der Waals surface area contributed by atoms with E-state index >= 15 is 0 Å². The summed E-state index contributed by atoms with van der Waals surface area (Å²) in [7, 11) is 1.50. The van der Waals surface area contributed by atoms with Crippen molar-refractivity contribution >= 4 is 11.9 Å². The number of nitriles is 1. The molecule has 3 N–H and O–H groups in total. The second-order valence-electron chi connectivity index (χ2n) is 3.93. The zero-order chi connectivity index (χ0) is 15.9. The second kappa shape index (κ2) is 7.66. The lowest BCUT2D eigenvalue weighted by Crippen LogP contribution is -2.55. The number of nitrogens with zero attached hydrogens (tertiary/aromatic N) is 2. The molecule has 0 unspecified atom stereocenters. The monoisotopic (exact) mass is 297 g/mol. The lowest BCUT2D eigenvalue weighted by Gasteiger charge is -2.36. The van der Waals surface area contributed by atoms with Crippen molar-refractivity contribution in [2.24, 2.45) is 11.7 Å². The fourth-order valence-corrected chi connectivity index (χ4v) is 1.23. The lowest BCUT2D eigenvalue weighted by molar-refractivity contribution is -0.192. The van der Waals surface area contributed by atoms with E-state index in [1.54, 1.807) is 4.90 Å². The Balaban J connectivity index is 0.000000441. The molecular formula is C10H14F3N3O4. The topological polar surface area (TPSA) is 117 Å². The molecule has 1 aliphatic rings. The summed E-state index contributed by atoms with van der Waals surface area (Å²) in [4.78, 5) is 21.9. The fraction of sp³-hybridized carbons (Fsp3) is 0.700. The number of rotatable bonds is 3. The standard InChI is InChI=1S/C8H13N3O2.C2HF3O2/c1-13-5-7(10)8(12)11-3-6(2-9)4-11;3-2(4,5)1(6)7/h6-7H,3-5,10H2,1H3;(H,6,7)/t7-;/m1./s1. The number of hydrogen-bond acceptors (Lipinski definition) is 5. The minimum absolute atomic E-state index is 0.0151. The number of carbonyl (C=O) groups is 2. The maximum absolute atomic E-state index is 11.4. The SMILES string of the molecule is COC[C@@H](N)C(=O)N1CC(C#N)C1.O=C(O)C(F)(F)F. The van der Waals surface area contributed by atoms with E-state index in [9.17, 15) is 18.0 Å². The Morgan fingerprint density at radius 1 is 1.55 bits per heavy atom. The number of amides is 1. The minimum Gasteiger partial charge on any atom is -0.475 e. The molecule has 0 radical (unpaired) electrons. The van der Waals surface area contributed by atoms with Gasteiger partial charge in [0, 0.05) is 20.2 Å². The molecule has 0 bridgehead atoms. The second-order valence-corrected chi connectivity index (χ2v) is 3.93. The number of likely N-dealkylation sites (tertiary alicyclic amines) is 1. The molecule has 1 amide bonds. The highest BCUT2D eigenvalue weighted by Gasteiger charge is 2.38. The van der Waals surface area contributed by atoms with E-state index < -0.39 is 18.2 Å². The third-order valence-electron chi connectivity index (χ3n) is 2.28. The van der Waals surface area contributed by atoms with Crippen molar-refractivity contribution in [1.82, 2.24) is 4.90 Å². The van der Waals surface area contributed by atoms with Crippen molar-refractivity contribution < 1.29 is 32.6 Å². The highest BCUT2D eigenvalue weighted by molar-refractivity contribution is 5.82. The molecule has 0 aromatic heterocycles. The summed E-state index contributed by atoms with van der Waals surface area (Å²) in [6.45, 7) is 1.24. The van der Waals surface area contributed by atoms with Crippen LogP contribution in [0.15, 0.2) is 0 Å². The molecule has 1 aliphatic heterocycles. The minimum atomic E-state index is -5.08. The van der Waals surface area contributed by atoms with Crippen LogP contribution in [0.25, 0.3) is 0 Å². The van der Waals surface area contributed by atoms with Crippen LogP contribution < -0.4 is 5.73 Å². The molecule has 0 saturated carbocycles. The van der Waals surface area contributed by atoms with Crippen molar-refractivity contribution in [1.29, 1.82) is 5.26 Å². The number of carbonyl (C=O) groups excluding carboxylic acids is 1. The Morgan fingerprint density at radius 3 is 2.30 bits per heavy atom. The van der Waals surface area contributed by atoms with E-state index in [1.165, 1.54) is 7.11 Å². The lowest BCUT2D eigenvalue weighted by atomic mass is 10.0. The van der Waals surface area contributed by atoms with Gasteiger partial charge in [0.1, 0.15) is 6.04 Å². The molecule has 1 atom stereocenters. The van der Waals surface area contributed by atoms with Crippen LogP contribution in [-0.2, 0) is 14.3 Å². The van der Waals surface area contributed by atoms with Gasteiger partial charge in [-0.15, -0.1) is 0 Å². The predicted molar refractivity (Wildman–Crippen MR) is 59.2 cm³/mol. The van der Waals surface area contributed by atoms with Crippen LogP contribution in [0.3, 0.4) is 0 Å². The third kappa shape index (κ3) is 5.85. The first-order valence-corrected chi connectivity index (χ1v) is 5.36. The van der Waals surface area contributed by atoms with Crippen molar-refractivity contribution in [2.75, 3.05) is 26.8 Å². The van der Waals surface area contributed by atoms with Gasteiger partial charge < -0.3 is 20.5 Å². The average Bonchev–Trinajstić information content (AvgIpc) is 2.27. The third-order valence-corrected chi connectivity index (χ3v) is 2.28. The molecule has 0 aromatic carbocycles. The van der Waals surface area contributed by atoms with Gasteiger partial charge >= 0.3 is 12.1 Å². The first-order chi connectivity index (χ1) is 9.13. The number of ether oxygens (including phenoxy) is 1. The molecule has 1 fully saturated rings. The van der Waals surface area contributed by atoms with Gasteiger partial charge in [-0.3, -0.25) is 4.79 Å². The molecular weight excluding hydrogens is 283 g/mol. The number of methoxy groups -OCH3 is 1. The summed E-state index contributed by atoms with van der Waals surface area (Å²) in [6, 6.07) is 1.50. The number of carboxylic acids is 1. The van der Waals surface area contributed by atoms with E-state index in [0.29, 0.717) is 13.1 Å². The first-order valence-electron chi connectivity index (χ1n) is 5.36. The number of alkyl halides is 3. The number of nitrogens with two attached hydrogens (primary N) is 1. The number of halogens is 3. The van der Waals surface area contributed by atoms with Gasteiger partial charge in [-0.05, 0) is 0 Å². The molecule has 114 valence electrons. The summed E-state index contributed by atoms with van der Waals surface area (Å²) in [5, 5.41) is 15.6. The van der Waals surface area contributed by atoms with E-state index in [2.05, 4.69) is 6.07 Å². The van der Waals surface area contributed by atoms with E-state index in [4.69, 9.17) is 25.6 Å². The highest BCUT2D eigenvalue weighted by Crippen LogP contribution is 2.14. The smallest absolute Gasteiger partial charge is 0.475 e. The molecule has 0 aliphatic carbocycles. The van der Waals surface area contributed by atoms with Crippen LogP contribution >= 0.6 is 0 Å². The van der Waals surface area contributed by atoms with Crippen molar-refractivity contribution in [3.8, 4) is 6.07 Å². The Hall–Kier alpha value is -1.86. The molecule has 10 heteroatoms. The largest absolute Gasteiger partial charge is 0.490 e. The van der Waals surface area contributed by atoms with E-state index in [-0.39, 0.29) is 18.4 Å². The Morgan fingerprint density at radius 2 is 2.00 bits per heavy atom. The van der Waals surface area contributed by atoms with Crippen LogP contribution in [0.1, 0.15) is 0 Å². The van der Waals surface area contributed by atoms with Gasteiger partial charge in [0.2, 0.25) is 5.91 Å². The van der Waals surface area contributed by atoms with Gasteiger partial charge in [0.05, 0.1) is 18.6 Å². The van der Waals surface area contributed by atoms with E-state index in [0.717, 1.165) is 0 Å². The molecule has 1 rings (SSSR count). The van der Waals surface area contributed by atoms with Gasteiger partial charge in [-0.25, -0.2) is 4.79 Å². The van der Waals surface area contributed by atoms with Crippen LogP contribution in [0.4, 0.5) is 13.2 Å². The normalized spacial score (nSPS) is 16.3. The van der Waals surface area contributed by atoms with Gasteiger partial charge in [-0.2, -0.15) is 18.4 Å². The van der Waals surface area contributed by atoms with Crippen LogP contribution in [-0.4, -0.2) is 60.9 Å². The number of carboxylic acid groups (broad SMARTS) is 1. The first kappa shape index (κ1) is 18.1. The van der Waals surface area contributed by atoms with Crippen LogP contribution in [0, 0.1) is 17.2 Å². The van der Waals surface area contributed by atoms with Crippen LogP contribution in [0.2, 0.25) is 0 Å². The summed E-state index contributed by atoms with van der Waals surface area (Å²) in [5.74, 6) is -2.90. The molecule has 0 aromatic rings. The maximum atomic E-state index is 11.4. The zero-order valence-electron chi connectivity index (χ0n) is 10.6. The quantitative estimate of drug-likeness (QED) is 0.730. The number of hydrogen-bond donors (Lipinski definition) is 2. The van der Waals surface area contributed by atoms with Gasteiger partial charge in [-0.1, -0.05) is 0 Å². The molecule has 7 nitrogen and oxygen atoms in total. The van der Waals surface area contributed by atoms with Crippen molar-refractivity contribution in [3.63, 3.8) is 0 Å². The molecule has 1 heterocycles. The Kier molecular flexibility index (Phi) is 6.95. The highest BCUT2D eigenvalue weighted by atomic mass is 19.4.